The van der Waals surface area contributed by atoms with Crippen LogP contribution in [-0.2, 0) is 4.74 Å². The van der Waals surface area contributed by atoms with Crippen LogP contribution in [0.1, 0.15) is 50.0 Å². The van der Waals surface area contributed by atoms with Crippen LogP contribution in [0.15, 0.2) is 39.0 Å². The normalized spacial score (nSPS) is 43.3. The van der Waals surface area contributed by atoms with Crippen molar-refractivity contribution in [1.29, 1.82) is 0 Å². The van der Waals surface area contributed by atoms with Crippen molar-refractivity contribution in [3.05, 3.63) is 34.0 Å². The van der Waals surface area contributed by atoms with Crippen LogP contribution >= 0.6 is 11.8 Å². The zero-order valence-electron chi connectivity index (χ0n) is 17.0. The first kappa shape index (κ1) is 12.4. The van der Waals surface area contributed by atoms with Gasteiger partial charge in [-0.3, -0.25) is 4.99 Å². The van der Waals surface area contributed by atoms with Crippen LogP contribution in [0.4, 0.5) is 0 Å². The minimum atomic E-state index is -2.09. The highest BCUT2D eigenvalue weighted by atomic mass is 32.2. The number of aliphatic imine (C=N–C) groups is 1. The molecule has 4 heteroatoms. The van der Waals surface area contributed by atoms with Gasteiger partial charge in [0.15, 0.2) is 6.23 Å². The lowest BCUT2D eigenvalue weighted by Crippen LogP contribution is -2.44. The highest BCUT2D eigenvalue weighted by Crippen LogP contribution is 2.50. The van der Waals surface area contributed by atoms with Crippen LogP contribution in [0.3, 0.4) is 0 Å². The van der Waals surface area contributed by atoms with Gasteiger partial charge in [-0.2, -0.15) is 0 Å². The number of thioether (sulfide) groups is 1. The molecule has 0 aromatic rings. The molecular weight excluding hydrogens is 316 g/mol. The Labute approximate surface area is 152 Å². The molecule has 4 heterocycles. The molecule has 1 aliphatic carbocycles. The Morgan fingerprint density at radius 1 is 1.38 bits per heavy atom. The van der Waals surface area contributed by atoms with Crippen LogP contribution in [0.2, 0.25) is 0 Å². The molecule has 4 unspecified atom stereocenters. The molecule has 5 atom stereocenters. The topological polar surface area (TPSA) is 33.6 Å². The number of fused-ring (bicyclic) bond motifs is 4. The Morgan fingerprint density at radius 2 is 2.33 bits per heavy atom. The third-order valence-corrected chi connectivity index (χ3v) is 7.40. The minimum Gasteiger partial charge on any atom is -0.472 e. The van der Waals surface area contributed by atoms with Crippen LogP contribution in [-0.4, -0.2) is 29.8 Å². The molecule has 5 aliphatic rings. The van der Waals surface area contributed by atoms with E-state index in [1.807, 2.05) is 11.8 Å². The van der Waals surface area contributed by atoms with Gasteiger partial charge < -0.3 is 10.1 Å². The Morgan fingerprint density at radius 3 is 3.25 bits per heavy atom. The van der Waals surface area contributed by atoms with Crippen molar-refractivity contribution in [2.24, 2.45) is 16.8 Å². The van der Waals surface area contributed by atoms with E-state index in [-0.39, 0.29) is 6.23 Å². The van der Waals surface area contributed by atoms with Gasteiger partial charge in [0.25, 0.3) is 0 Å². The Balaban J connectivity index is 1.47. The highest BCUT2D eigenvalue weighted by molar-refractivity contribution is 8.04. The summed E-state index contributed by atoms with van der Waals surface area (Å²) in [5.74, 6) is 1.89. The highest BCUT2D eigenvalue weighted by Gasteiger charge is 2.47. The molecule has 128 valence electrons. The van der Waals surface area contributed by atoms with Crippen LogP contribution in [0.25, 0.3) is 0 Å². The average Bonchev–Trinajstić information content (AvgIpc) is 3.19. The molecule has 1 fully saturated rings. The van der Waals surface area contributed by atoms with Crippen molar-refractivity contribution in [2.75, 3.05) is 6.54 Å². The van der Waals surface area contributed by atoms with Gasteiger partial charge in [-0.05, 0) is 68.0 Å². The Kier molecular flexibility index (Phi) is 2.97. The van der Waals surface area contributed by atoms with Crippen LogP contribution in [0, 0.1) is 11.8 Å². The summed E-state index contributed by atoms with van der Waals surface area (Å²) in [5.41, 5.74) is 3.20. The lowest BCUT2D eigenvalue weighted by Gasteiger charge is -2.35. The van der Waals surface area contributed by atoms with Gasteiger partial charge in [0.05, 0.1) is 5.25 Å². The summed E-state index contributed by atoms with van der Waals surface area (Å²) in [6.07, 6.45) is 9.19. The van der Waals surface area contributed by atoms with E-state index < -0.39 is 6.85 Å². The van der Waals surface area contributed by atoms with Gasteiger partial charge in [0.1, 0.15) is 5.76 Å². The molecule has 1 N–H and O–H groups in total. The van der Waals surface area contributed by atoms with Crippen molar-refractivity contribution in [3.8, 4) is 0 Å². The SMILES string of the molecule is [2H]C([2H])([2H])C1=NC2OC3=C([C@@H]4NCC=C5C=C(C)SC54)CCCC3C2CC1. The predicted molar refractivity (Wildman–Crippen MR) is 100 cm³/mol. The molecule has 5 rings (SSSR count). The summed E-state index contributed by atoms with van der Waals surface area (Å²) < 4.78 is 29.5. The fourth-order valence-electron chi connectivity index (χ4n) is 5.06. The smallest absolute Gasteiger partial charge is 0.192 e. The fourth-order valence-corrected chi connectivity index (χ4v) is 6.36. The molecule has 0 aromatic carbocycles. The molecule has 3 nitrogen and oxygen atoms in total. The zero-order chi connectivity index (χ0) is 18.8. The molecule has 4 aliphatic heterocycles. The number of rotatable bonds is 1. The van der Waals surface area contributed by atoms with Gasteiger partial charge >= 0.3 is 0 Å². The average molecular weight is 346 g/mol. The number of ether oxygens (including phenoxy) is 1. The van der Waals surface area contributed by atoms with E-state index in [0.29, 0.717) is 35.3 Å². The maximum atomic E-state index is 7.69. The largest absolute Gasteiger partial charge is 0.472 e. The molecular formula is C20H26N2OS. The van der Waals surface area contributed by atoms with E-state index in [4.69, 9.17) is 8.85 Å². The van der Waals surface area contributed by atoms with Gasteiger partial charge in [-0.15, -0.1) is 11.8 Å². The lowest BCUT2D eigenvalue weighted by molar-refractivity contribution is 0.128. The Hall–Kier alpha value is -1.00. The third kappa shape index (κ3) is 2.33. The Bertz CT molecular complexity index is 783. The second kappa shape index (κ2) is 5.77. The summed E-state index contributed by atoms with van der Waals surface area (Å²) in [6.45, 7) is 0.998. The molecule has 0 saturated carbocycles. The van der Waals surface area contributed by atoms with Crippen molar-refractivity contribution in [1.82, 2.24) is 5.32 Å². The summed E-state index contributed by atoms with van der Waals surface area (Å²) in [7, 11) is 0. The molecule has 24 heavy (non-hydrogen) atoms. The second-order valence-electron chi connectivity index (χ2n) is 7.56. The maximum absolute atomic E-state index is 7.69. The minimum absolute atomic E-state index is 0.294. The van der Waals surface area contributed by atoms with Crippen LogP contribution < -0.4 is 5.32 Å². The number of nitrogens with zero attached hydrogens (tertiary/aromatic N) is 1. The van der Waals surface area contributed by atoms with Gasteiger partial charge in [0.2, 0.25) is 0 Å². The molecule has 0 bridgehead atoms. The summed E-state index contributed by atoms with van der Waals surface area (Å²) in [5, 5.41) is 4.15. The van der Waals surface area contributed by atoms with Gasteiger partial charge in [-0.1, -0.05) is 6.08 Å². The molecule has 0 spiro atoms. The second-order valence-corrected chi connectivity index (χ2v) is 8.95. The number of hydrogen-bond acceptors (Lipinski definition) is 4. The van der Waals surface area contributed by atoms with Crippen molar-refractivity contribution < 1.29 is 8.85 Å². The van der Waals surface area contributed by atoms with E-state index in [1.54, 1.807) is 0 Å². The number of allylic oxidation sites excluding steroid dienone is 3. The van der Waals surface area contributed by atoms with Crippen LogP contribution in [0.5, 0.6) is 0 Å². The van der Waals surface area contributed by atoms with E-state index in [0.717, 1.165) is 31.6 Å². The first-order chi connectivity index (χ1) is 12.9. The lowest BCUT2D eigenvalue weighted by atomic mass is 9.76. The summed E-state index contributed by atoms with van der Waals surface area (Å²) in [6, 6.07) is 0.313. The quantitative estimate of drug-likeness (QED) is 0.774. The van der Waals surface area contributed by atoms with Crippen molar-refractivity contribution in [3.63, 3.8) is 0 Å². The molecule has 0 amide bonds. The van der Waals surface area contributed by atoms with E-state index in [1.165, 1.54) is 22.5 Å². The summed E-state index contributed by atoms with van der Waals surface area (Å²) in [4.78, 5) is 5.93. The fraction of sp³-hybridized carbons (Fsp3) is 0.650. The predicted octanol–water partition coefficient (Wildman–Crippen LogP) is 4.19. The molecule has 1 saturated heterocycles. The van der Waals surface area contributed by atoms with Gasteiger partial charge in [0, 0.05) is 34.2 Å². The molecule has 0 radical (unpaired) electrons. The number of nitrogens with one attached hydrogen (secondary N) is 1. The van der Waals surface area contributed by atoms with E-state index >= 15 is 0 Å². The summed E-state index contributed by atoms with van der Waals surface area (Å²) >= 11 is 1.95. The van der Waals surface area contributed by atoms with E-state index in [2.05, 4.69) is 29.4 Å². The van der Waals surface area contributed by atoms with Crippen molar-refractivity contribution >= 4 is 17.5 Å². The van der Waals surface area contributed by atoms with E-state index in [9.17, 15) is 0 Å². The zero-order valence-corrected chi connectivity index (χ0v) is 14.9. The monoisotopic (exact) mass is 345 g/mol. The van der Waals surface area contributed by atoms with Gasteiger partial charge in [-0.25, -0.2) is 0 Å². The first-order valence-electron chi connectivity index (χ1n) is 10.7. The first-order valence-corrected chi connectivity index (χ1v) is 10.0. The maximum Gasteiger partial charge on any atom is 0.192 e. The molecule has 0 aromatic heterocycles. The third-order valence-electron chi connectivity index (χ3n) is 6.11. The van der Waals surface area contributed by atoms with Crippen molar-refractivity contribution in [2.45, 2.75) is 63.4 Å². The number of hydrogen-bond donors (Lipinski definition) is 1. The standard InChI is InChI=1S/C20H26N2OS/c1-11-6-7-15-14-4-3-5-16(18(14)23-20(15)22-11)17-19-13(8-9-21-17)10-12(2)24-19/h8,10,14-15,17,19-21H,3-7,9H2,1-2H3/t14?,15?,17-,19?,20?/m0/s1/i1D3.